The second kappa shape index (κ2) is 5.91. The van der Waals surface area contributed by atoms with Crippen LogP contribution in [0, 0.1) is 6.92 Å². The molecule has 0 fully saturated rings. The lowest BCUT2D eigenvalue weighted by atomic mass is 10.2. The van der Waals surface area contributed by atoms with E-state index in [0.717, 1.165) is 17.8 Å². The number of rotatable bonds is 3. The monoisotopic (exact) mass is 254 g/mol. The maximum atomic E-state index is 11.3. The van der Waals surface area contributed by atoms with Gasteiger partial charge in [0.1, 0.15) is 0 Å². The summed E-state index contributed by atoms with van der Waals surface area (Å²) in [5, 5.41) is 13.6. The quantitative estimate of drug-likeness (QED) is 0.725. The summed E-state index contributed by atoms with van der Waals surface area (Å²) in [5.41, 5.74) is 1.44. The van der Waals surface area contributed by atoms with Crippen molar-refractivity contribution in [3.63, 3.8) is 0 Å². The average molecular weight is 255 g/mol. The summed E-state index contributed by atoms with van der Waals surface area (Å²) in [6, 6.07) is 4.53. The molecule has 0 aliphatic rings. The second-order valence-electron chi connectivity index (χ2n) is 3.23. The Hall–Kier alpha value is -2.01. The van der Waals surface area contributed by atoms with Gasteiger partial charge in [-0.1, -0.05) is 17.7 Å². The molecule has 0 spiro atoms. The van der Waals surface area contributed by atoms with Crippen LogP contribution in [0.25, 0.3) is 0 Å². The zero-order valence-electron chi connectivity index (χ0n) is 9.03. The zero-order valence-corrected chi connectivity index (χ0v) is 9.78. The number of hydrogen-bond donors (Lipinski definition) is 3. The topological polar surface area (TPSA) is 78.4 Å². The summed E-state index contributed by atoms with van der Waals surface area (Å²) in [4.78, 5) is 21.4. The maximum Gasteiger partial charge on any atom is 0.329 e. The Morgan fingerprint density at radius 1 is 1.41 bits per heavy atom. The Balaban J connectivity index is 2.56. The van der Waals surface area contributed by atoms with E-state index in [1.807, 2.05) is 6.92 Å². The number of carboxylic acids is 1. The Kier molecular flexibility index (Phi) is 4.54. The van der Waals surface area contributed by atoms with Gasteiger partial charge in [-0.15, -0.1) is 0 Å². The number of aliphatic carboxylic acids is 1. The fourth-order valence-electron chi connectivity index (χ4n) is 1.03. The Morgan fingerprint density at radius 2 is 2.12 bits per heavy atom. The van der Waals surface area contributed by atoms with E-state index in [4.69, 9.17) is 16.7 Å². The van der Waals surface area contributed by atoms with Crippen LogP contribution >= 0.6 is 11.6 Å². The van der Waals surface area contributed by atoms with Crippen LogP contribution in [0.3, 0.4) is 0 Å². The number of hydrogen-bond acceptors (Lipinski definition) is 2. The van der Waals surface area contributed by atoms with Crippen molar-refractivity contribution in [2.45, 2.75) is 6.92 Å². The molecule has 0 atom stereocenters. The molecule has 0 aliphatic carbocycles. The van der Waals surface area contributed by atoms with Gasteiger partial charge >= 0.3 is 12.0 Å². The summed E-state index contributed by atoms with van der Waals surface area (Å²) in [7, 11) is 0. The summed E-state index contributed by atoms with van der Waals surface area (Å²) in [6.45, 7) is 1.85. The molecule has 90 valence electrons. The van der Waals surface area contributed by atoms with Gasteiger partial charge in [0.05, 0.1) is 0 Å². The number of halogens is 1. The highest BCUT2D eigenvalue weighted by Gasteiger charge is 2.01. The van der Waals surface area contributed by atoms with Gasteiger partial charge in [0.15, 0.2) is 0 Å². The van der Waals surface area contributed by atoms with Gasteiger partial charge in [0, 0.05) is 23.0 Å². The number of amides is 2. The molecule has 1 aromatic carbocycles. The number of anilines is 1. The third-order valence-electron chi connectivity index (χ3n) is 1.87. The molecule has 0 saturated carbocycles. The van der Waals surface area contributed by atoms with Crippen LogP contribution in [0.15, 0.2) is 30.5 Å². The van der Waals surface area contributed by atoms with Crippen LogP contribution in [-0.4, -0.2) is 17.1 Å². The highest BCUT2D eigenvalue weighted by molar-refractivity contribution is 6.31. The Labute approximate surface area is 103 Å². The Morgan fingerprint density at radius 3 is 2.71 bits per heavy atom. The molecule has 0 heterocycles. The molecule has 3 N–H and O–H groups in total. The third kappa shape index (κ3) is 4.56. The van der Waals surface area contributed by atoms with Gasteiger partial charge in [0.2, 0.25) is 0 Å². The molecular formula is C11H11ClN2O3. The normalized spacial score (nSPS) is 10.2. The number of benzene rings is 1. The fourth-order valence-corrected chi connectivity index (χ4v) is 1.21. The molecule has 2 amide bonds. The molecule has 0 aliphatic heterocycles. The van der Waals surface area contributed by atoms with Crippen molar-refractivity contribution in [2.24, 2.45) is 0 Å². The first-order chi connectivity index (χ1) is 7.99. The molecule has 1 rings (SSSR count). The maximum absolute atomic E-state index is 11.3. The molecule has 6 heteroatoms. The number of carboxylic acid groups (broad SMARTS) is 1. The summed E-state index contributed by atoms with van der Waals surface area (Å²) >= 11 is 5.88. The van der Waals surface area contributed by atoms with Crippen LogP contribution in [0.2, 0.25) is 5.02 Å². The molecule has 0 unspecified atom stereocenters. The smallest absolute Gasteiger partial charge is 0.329 e. The second-order valence-corrected chi connectivity index (χ2v) is 3.64. The molecule has 0 bridgehead atoms. The van der Waals surface area contributed by atoms with Gasteiger partial charge < -0.3 is 15.7 Å². The first kappa shape index (κ1) is 13.1. The Bertz CT molecular complexity index is 472. The minimum absolute atomic E-state index is 0.529. The van der Waals surface area contributed by atoms with Gasteiger partial charge in [-0.05, 0) is 24.6 Å². The molecule has 17 heavy (non-hydrogen) atoms. The van der Waals surface area contributed by atoms with E-state index in [-0.39, 0.29) is 0 Å². The van der Waals surface area contributed by atoms with E-state index in [2.05, 4.69) is 10.6 Å². The number of nitrogens with one attached hydrogen (secondary N) is 2. The lowest BCUT2D eigenvalue weighted by molar-refractivity contribution is -0.131. The van der Waals surface area contributed by atoms with E-state index >= 15 is 0 Å². The van der Waals surface area contributed by atoms with Crippen molar-refractivity contribution in [1.82, 2.24) is 5.32 Å². The highest BCUT2D eigenvalue weighted by atomic mass is 35.5. The van der Waals surface area contributed by atoms with Crippen LogP contribution in [0.4, 0.5) is 10.5 Å². The van der Waals surface area contributed by atoms with E-state index < -0.39 is 12.0 Å². The minimum Gasteiger partial charge on any atom is -0.478 e. The highest BCUT2D eigenvalue weighted by Crippen LogP contribution is 2.19. The van der Waals surface area contributed by atoms with Crippen LogP contribution in [0.1, 0.15) is 5.56 Å². The molecule has 0 saturated heterocycles. The predicted octanol–water partition coefficient (Wildman–Crippen LogP) is 2.37. The van der Waals surface area contributed by atoms with Crippen LogP contribution in [0.5, 0.6) is 0 Å². The lowest BCUT2D eigenvalue weighted by Gasteiger charge is -2.05. The van der Waals surface area contributed by atoms with Gasteiger partial charge in [-0.3, -0.25) is 0 Å². The molecule has 5 nitrogen and oxygen atoms in total. The molecular weight excluding hydrogens is 244 g/mol. The number of carbonyl (C=O) groups excluding carboxylic acids is 1. The van der Waals surface area contributed by atoms with E-state index in [1.165, 1.54) is 0 Å². The number of carbonyl (C=O) groups is 2. The summed E-state index contributed by atoms with van der Waals surface area (Å²) < 4.78 is 0. The van der Waals surface area contributed by atoms with Gasteiger partial charge in [-0.2, -0.15) is 0 Å². The van der Waals surface area contributed by atoms with E-state index in [0.29, 0.717) is 10.7 Å². The zero-order chi connectivity index (χ0) is 12.8. The van der Waals surface area contributed by atoms with E-state index in [9.17, 15) is 9.59 Å². The molecule has 1 aromatic rings. The third-order valence-corrected chi connectivity index (χ3v) is 2.28. The van der Waals surface area contributed by atoms with Gasteiger partial charge in [-0.25, -0.2) is 9.59 Å². The van der Waals surface area contributed by atoms with Crippen molar-refractivity contribution in [3.05, 3.63) is 41.1 Å². The fraction of sp³-hybridized carbons (Fsp3) is 0.0909. The first-order valence-corrected chi connectivity index (χ1v) is 5.10. The van der Waals surface area contributed by atoms with Crippen molar-refractivity contribution in [2.75, 3.05) is 5.32 Å². The van der Waals surface area contributed by atoms with Crippen molar-refractivity contribution < 1.29 is 14.7 Å². The SMILES string of the molecule is Cc1ccc(NC(=O)N/C=C/C(=O)O)cc1Cl. The lowest BCUT2D eigenvalue weighted by Crippen LogP contribution is -2.24. The van der Waals surface area contributed by atoms with E-state index in [1.54, 1.807) is 18.2 Å². The predicted molar refractivity (Wildman–Crippen MR) is 65.1 cm³/mol. The molecule has 0 aromatic heterocycles. The van der Waals surface area contributed by atoms with Crippen molar-refractivity contribution >= 4 is 29.3 Å². The largest absolute Gasteiger partial charge is 0.478 e. The summed E-state index contributed by atoms with van der Waals surface area (Å²) in [5.74, 6) is -1.14. The average Bonchev–Trinajstić information content (AvgIpc) is 2.23. The number of aryl methyl sites for hydroxylation is 1. The standard InChI is InChI=1S/C11H11ClN2O3/c1-7-2-3-8(6-9(7)12)14-11(17)13-5-4-10(15)16/h2-6H,1H3,(H,15,16)(H2,13,14,17)/b5-4+. The van der Waals surface area contributed by atoms with Crippen molar-refractivity contribution in [1.29, 1.82) is 0 Å². The van der Waals surface area contributed by atoms with Crippen LogP contribution in [-0.2, 0) is 4.79 Å². The minimum atomic E-state index is -1.14. The van der Waals surface area contributed by atoms with Crippen LogP contribution < -0.4 is 10.6 Å². The summed E-state index contributed by atoms with van der Waals surface area (Å²) in [6.07, 6.45) is 1.86. The first-order valence-electron chi connectivity index (χ1n) is 4.72. The van der Waals surface area contributed by atoms with Crippen molar-refractivity contribution in [3.8, 4) is 0 Å². The van der Waals surface area contributed by atoms with Gasteiger partial charge in [0.25, 0.3) is 0 Å². The number of urea groups is 1. The molecule has 0 radical (unpaired) electrons.